The van der Waals surface area contributed by atoms with Crippen molar-refractivity contribution in [2.75, 3.05) is 26.5 Å². The van der Waals surface area contributed by atoms with Gasteiger partial charge in [-0.05, 0) is 48.8 Å². The van der Waals surface area contributed by atoms with E-state index in [1.165, 1.54) is 31.2 Å². The lowest BCUT2D eigenvalue weighted by Gasteiger charge is -2.32. The molecule has 1 aromatic carbocycles. The maximum Gasteiger partial charge on any atom is 0.119 e. The van der Waals surface area contributed by atoms with Crippen LogP contribution in [0.4, 0.5) is 0 Å². The second-order valence-electron chi connectivity index (χ2n) is 5.89. The summed E-state index contributed by atoms with van der Waals surface area (Å²) >= 11 is 4.59. The van der Waals surface area contributed by atoms with Gasteiger partial charge in [0.15, 0.2) is 0 Å². The molecule has 0 aromatic heterocycles. The number of thiol groups is 1. The Labute approximate surface area is 122 Å². The summed E-state index contributed by atoms with van der Waals surface area (Å²) in [5.41, 5.74) is 1.76. The predicted molar refractivity (Wildman–Crippen MR) is 84.1 cm³/mol. The van der Waals surface area contributed by atoms with E-state index in [1.807, 2.05) is 6.07 Å². The van der Waals surface area contributed by atoms with Gasteiger partial charge in [0.25, 0.3) is 0 Å². The number of hydrogen-bond acceptors (Lipinski definition) is 3. The molecule has 106 valence electrons. The van der Waals surface area contributed by atoms with Crippen LogP contribution < -0.4 is 4.74 Å². The summed E-state index contributed by atoms with van der Waals surface area (Å²) < 4.78 is 5.28. The van der Waals surface area contributed by atoms with Crippen molar-refractivity contribution in [2.45, 2.75) is 32.2 Å². The van der Waals surface area contributed by atoms with Crippen LogP contribution in [0.1, 0.15) is 31.2 Å². The van der Waals surface area contributed by atoms with Crippen LogP contribution in [0.2, 0.25) is 0 Å². The monoisotopic (exact) mass is 279 g/mol. The number of rotatable bonds is 6. The highest BCUT2D eigenvalue weighted by molar-refractivity contribution is 7.80. The van der Waals surface area contributed by atoms with Crippen LogP contribution in [0.15, 0.2) is 24.3 Å². The van der Waals surface area contributed by atoms with Gasteiger partial charge >= 0.3 is 0 Å². The molecule has 0 unspecified atom stereocenters. The maximum absolute atomic E-state index is 5.28. The normalized spacial score (nSPS) is 17.9. The standard InChI is InChI=1S/C16H25NOS/c1-17(12-16(13-19)8-3-4-9-16)11-14-6-5-7-15(10-14)18-2/h5-7,10,19H,3-4,8-9,11-13H2,1-2H3. The van der Waals surface area contributed by atoms with E-state index < -0.39 is 0 Å². The van der Waals surface area contributed by atoms with E-state index in [0.29, 0.717) is 5.41 Å². The van der Waals surface area contributed by atoms with E-state index in [0.717, 1.165) is 24.6 Å². The van der Waals surface area contributed by atoms with Gasteiger partial charge in [0, 0.05) is 13.1 Å². The molecule has 19 heavy (non-hydrogen) atoms. The first-order chi connectivity index (χ1) is 9.17. The number of methoxy groups -OCH3 is 1. The molecule has 3 heteroatoms. The zero-order valence-electron chi connectivity index (χ0n) is 12.1. The van der Waals surface area contributed by atoms with Gasteiger partial charge in [0.05, 0.1) is 7.11 Å². The van der Waals surface area contributed by atoms with E-state index in [4.69, 9.17) is 4.74 Å². The third kappa shape index (κ3) is 3.90. The first-order valence-corrected chi connectivity index (χ1v) is 7.73. The number of benzene rings is 1. The van der Waals surface area contributed by atoms with E-state index >= 15 is 0 Å². The second kappa shape index (κ2) is 6.67. The van der Waals surface area contributed by atoms with Crippen molar-refractivity contribution in [2.24, 2.45) is 5.41 Å². The van der Waals surface area contributed by atoms with Crippen molar-refractivity contribution >= 4 is 12.6 Å². The molecule has 2 rings (SSSR count). The van der Waals surface area contributed by atoms with Gasteiger partial charge in [-0.2, -0.15) is 12.6 Å². The van der Waals surface area contributed by atoms with Crippen LogP contribution in [-0.4, -0.2) is 31.4 Å². The van der Waals surface area contributed by atoms with Gasteiger partial charge in [0.1, 0.15) is 5.75 Å². The van der Waals surface area contributed by atoms with Crippen LogP contribution in [0.3, 0.4) is 0 Å². The van der Waals surface area contributed by atoms with Gasteiger partial charge in [0.2, 0.25) is 0 Å². The Balaban J connectivity index is 1.94. The summed E-state index contributed by atoms with van der Waals surface area (Å²) in [5, 5.41) is 0. The summed E-state index contributed by atoms with van der Waals surface area (Å²) in [4.78, 5) is 2.43. The fourth-order valence-corrected chi connectivity index (χ4v) is 3.62. The molecule has 1 aromatic rings. The minimum Gasteiger partial charge on any atom is -0.497 e. The van der Waals surface area contributed by atoms with Gasteiger partial charge in [-0.1, -0.05) is 25.0 Å². The average molecular weight is 279 g/mol. The maximum atomic E-state index is 5.28. The molecule has 0 atom stereocenters. The van der Waals surface area contributed by atoms with Crippen molar-refractivity contribution in [3.8, 4) is 5.75 Å². The van der Waals surface area contributed by atoms with Crippen LogP contribution >= 0.6 is 12.6 Å². The molecule has 1 aliphatic carbocycles. The summed E-state index contributed by atoms with van der Waals surface area (Å²) in [7, 11) is 3.93. The number of hydrogen-bond donors (Lipinski definition) is 1. The minimum absolute atomic E-state index is 0.441. The average Bonchev–Trinajstić information content (AvgIpc) is 2.88. The minimum atomic E-state index is 0.441. The molecule has 1 fully saturated rings. The Morgan fingerprint density at radius 2 is 2.05 bits per heavy atom. The quantitative estimate of drug-likeness (QED) is 0.799. The lowest BCUT2D eigenvalue weighted by atomic mass is 9.88. The Hall–Kier alpha value is -0.670. The van der Waals surface area contributed by atoms with Crippen molar-refractivity contribution < 1.29 is 4.74 Å². The lowest BCUT2D eigenvalue weighted by Crippen LogP contribution is -2.34. The molecule has 0 radical (unpaired) electrons. The van der Waals surface area contributed by atoms with Gasteiger partial charge in [-0.3, -0.25) is 0 Å². The Morgan fingerprint density at radius 1 is 1.32 bits per heavy atom. The molecule has 0 heterocycles. The number of ether oxygens (including phenoxy) is 1. The third-order valence-corrected chi connectivity index (χ3v) is 4.86. The third-order valence-electron chi connectivity index (χ3n) is 4.19. The molecule has 2 nitrogen and oxygen atoms in total. The Kier molecular flexibility index (Phi) is 5.17. The van der Waals surface area contributed by atoms with Crippen molar-refractivity contribution in [1.29, 1.82) is 0 Å². The van der Waals surface area contributed by atoms with Crippen LogP contribution in [-0.2, 0) is 6.54 Å². The van der Waals surface area contributed by atoms with Gasteiger partial charge in [-0.15, -0.1) is 0 Å². The van der Waals surface area contributed by atoms with Crippen LogP contribution in [0, 0.1) is 5.41 Å². The van der Waals surface area contributed by atoms with Gasteiger partial charge < -0.3 is 9.64 Å². The van der Waals surface area contributed by atoms with Crippen molar-refractivity contribution in [3.63, 3.8) is 0 Å². The fourth-order valence-electron chi connectivity index (χ4n) is 3.20. The zero-order valence-corrected chi connectivity index (χ0v) is 13.0. The molecular weight excluding hydrogens is 254 g/mol. The summed E-state index contributed by atoms with van der Waals surface area (Å²) in [5.74, 6) is 1.95. The second-order valence-corrected chi connectivity index (χ2v) is 6.21. The SMILES string of the molecule is COc1cccc(CN(C)CC2(CS)CCCC2)c1. The molecular formula is C16H25NOS. The molecule has 0 N–H and O–H groups in total. The Bertz CT molecular complexity index is 401. The Morgan fingerprint density at radius 3 is 2.68 bits per heavy atom. The van der Waals surface area contributed by atoms with Crippen LogP contribution in [0.5, 0.6) is 5.75 Å². The smallest absolute Gasteiger partial charge is 0.119 e. The zero-order chi connectivity index (χ0) is 13.7. The highest BCUT2D eigenvalue weighted by Crippen LogP contribution is 2.39. The van der Waals surface area contributed by atoms with Gasteiger partial charge in [-0.25, -0.2) is 0 Å². The lowest BCUT2D eigenvalue weighted by molar-refractivity contribution is 0.196. The molecule has 0 aliphatic heterocycles. The highest BCUT2D eigenvalue weighted by atomic mass is 32.1. The molecule has 0 saturated heterocycles. The van der Waals surface area contributed by atoms with E-state index in [9.17, 15) is 0 Å². The first-order valence-electron chi connectivity index (χ1n) is 7.10. The van der Waals surface area contributed by atoms with Crippen molar-refractivity contribution in [3.05, 3.63) is 29.8 Å². The first kappa shape index (κ1) is 14.7. The summed E-state index contributed by atoms with van der Waals surface area (Å²) in [6.07, 6.45) is 5.40. The number of nitrogens with zero attached hydrogens (tertiary/aromatic N) is 1. The molecule has 0 bridgehead atoms. The van der Waals surface area contributed by atoms with E-state index in [-0.39, 0.29) is 0 Å². The predicted octanol–water partition coefficient (Wildman–Crippen LogP) is 3.62. The largest absolute Gasteiger partial charge is 0.497 e. The molecule has 0 spiro atoms. The van der Waals surface area contributed by atoms with Crippen LogP contribution in [0.25, 0.3) is 0 Å². The molecule has 1 aliphatic rings. The fraction of sp³-hybridized carbons (Fsp3) is 0.625. The summed E-state index contributed by atoms with van der Waals surface area (Å²) in [6.45, 7) is 2.13. The topological polar surface area (TPSA) is 12.5 Å². The van der Waals surface area contributed by atoms with E-state index in [2.05, 4.69) is 42.8 Å². The summed E-state index contributed by atoms with van der Waals surface area (Å²) in [6, 6.07) is 8.35. The highest BCUT2D eigenvalue weighted by Gasteiger charge is 2.33. The van der Waals surface area contributed by atoms with E-state index in [1.54, 1.807) is 7.11 Å². The molecule has 1 saturated carbocycles. The molecule has 0 amide bonds. The van der Waals surface area contributed by atoms with Crippen molar-refractivity contribution in [1.82, 2.24) is 4.90 Å².